The summed E-state index contributed by atoms with van der Waals surface area (Å²) in [6, 6.07) is 20.4. The zero-order valence-electron chi connectivity index (χ0n) is 19.5. The number of aromatic nitrogens is 1. The van der Waals surface area contributed by atoms with Crippen molar-refractivity contribution in [1.82, 2.24) is 9.88 Å². The van der Waals surface area contributed by atoms with E-state index in [1.54, 1.807) is 0 Å². The van der Waals surface area contributed by atoms with Gasteiger partial charge in [0.15, 0.2) is 17.2 Å². The summed E-state index contributed by atoms with van der Waals surface area (Å²) in [5.74, 6) is 3.11. The van der Waals surface area contributed by atoms with Gasteiger partial charge in [0.25, 0.3) is 0 Å². The van der Waals surface area contributed by atoms with Gasteiger partial charge in [-0.05, 0) is 67.4 Å². The van der Waals surface area contributed by atoms with Crippen molar-refractivity contribution in [2.45, 2.75) is 12.8 Å². The number of hydrogen-bond donors (Lipinski definition) is 1. The number of hydrogen-bond acceptors (Lipinski definition) is 5. The average molecular weight is 534 g/mol. The van der Waals surface area contributed by atoms with Gasteiger partial charge in [-0.3, -0.25) is 4.90 Å². The summed E-state index contributed by atoms with van der Waals surface area (Å²) in [7, 11) is 0. The van der Waals surface area contributed by atoms with Crippen molar-refractivity contribution < 1.29 is 14.2 Å². The number of ether oxygens (including phenoxy) is 3. The fourth-order valence-electron chi connectivity index (χ4n) is 4.93. The molecule has 3 aromatic carbocycles. The Morgan fingerprint density at radius 2 is 1.77 bits per heavy atom. The molecule has 7 heteroatoms. The molecule has 0 unspecified atom stereocenters. The highest BCUT2D eigenvalue weighted by Crippen LogP contribution is 2.39. The highest BCUT2D eigenvalue weighted by molar-refractivity contribution is 9.10. The summed E-state index contributed by atoms with van der Waals surface area (Å²) < 4.78 is 18.3. The molecular weight excluding hydrogens is 506 g/mol. The van der Waals surface area contributed by atoms with E-state index >= 15 is 0 Å². The Kier molecular flexibility index (Phi) is 6.27. The molecule has 0 spiro atoms. The third-order valence-electron chi connectivity index (χ3n) is 6.80. The largest absolute Gasteiger partial charge is 0.455 e. The van der Waals surface area contributed by atoms with Gasteiger partial charge in [-0.15, -0.1) is 0 Å². The Morgan fingerprint density at radius 1 is 0.914 bits per heavy atom. The molecule has 0 aliphatic carbocycles. The van der Waals surface area contributed by atoms with Crippen LogP contribution in [-0.4, -0.2) is 49.4 Å². The van der Waals surface area contributed by atoms with Crippen molar-refractivity contribution in [3.8, 4) is 23.0 Å². The summed E-state index contributed by atoms with van der Waals surface area (Å²) in [5, 5.41) is 1.32. The Labute approximate surface area is 213 Å². The van der Waals surface area contributed by atoms with Crippen molar-refractivity contribution >= 4 is 32.5 Å². The van der Waals surface area contributed by atoms with Crippen LogP contribution in [-0.2, 0) is 6.42 Å². The number of para-hydroxylation sites is 2. The molecule has 1 saturated heterocycles. The highest BCUT2D eigenvalue weighted by Gasteiger charge is 2.21. The summed E-state index contributed by atoms with van der Waals surface area (Å²) in [5.41, 5.74) is 3.74. The lowest BCUT2D eigenvalue weighted by molar-refractivity contribution is 0.174. The molecule has 1 fully saturated rings. The number of fused-ring (bicyclic) bond motifs is 2. The van der Waals surface area contributed by atoms with Crippen LogP contribution in [0.4, 0.5) is 5.69 Å². The maximum Gasteiger partial charge on any atom is 0.231 e. The SMILES string of the molecule is Brc1ccc2[nH]cc(CCCN3CCN(c4ccccc4Oc4ccc5c(c4)OCO5)CC3)c2c1. The van der Waals surface area contributed by atoms with Gasteiger partial charge in [-0.25, -0.2) is 0 Å². The molecule has 0 atom stereocenters. The number of piperazine rings is 1. The van der Waals surface area contributed by atoms with Gasteiger partial charge in [0.2, 0.25) is 6.79 Å². The van der Waals surface area contributed by atoms with Gasteiger partial charge in [0.1, 0.15) is 5.75 Å². The van der Waals surface area contributed by atoms with E-state index in [1.807, 2.05) is 30.3 Å². The quantitative estimate of drug-likeness (QED) is 0.306. The summed E-state index contributed by atoms with van der Waals surface area (Å²) in [6.45, 7) is 5.46. The van der Waals surface area contributed by atoms with E-state index in [1.165, 1.54) is 16.5 Å². The number of aryl methyl sites for hydroxylation is 1. The Hall–Kier alpha value is -3.16. The average Bonchev–Trinajstić information content (AvgIpc) is 3.51. The molecule has 2 aliphatic heterocycles. The third kappa shape index (κ3) is 4.83. The molecule has 180 valence electrons. The molecule has 2 aliphatic rings. The van der Waals surface area contributed by atoms with Gasteiger partial charge in [-0.2, -0.15) is 0 Å². The standard InChI is InChI=1S/C28H28BrN3O3/c29-21-7-9-24-23(16-21)20(18-30-24)4-3-11-31-12-14-32(15-13-31)25-5-1-2-6-26(25)35-22-8-10-27-28(17-22)34-19-33-27/h1-2,5-10,16-18,30H,3-4,11-15,19H2. The van der Waals surface area contributed by atoms with Gasteiger partial charge >= 0.3 is 0 Å². The van der Waals surface area contributed by atoms with E-state index in [-0.39, 0.29) is 6.79 Å². The Bertz CT molecular complexity index is 1330. The first kappa shape index (κ1) is 22.3. The number of nitrogens with one attached hydrogen (secondary N) is 1. The number of anilines is 1. The van der Waals surface area contributed by atoms with Crippen molar-refractivity contribution in [1.29, 1.82) is 0 Å². The predicted molar refractivity (Wildman–Crippen MR) is 142 cm³/mol. The third-order valence-corrected chi connectivity index (χ3v) is 7.29. The molecule has 0 bridgehead atoms. The van der Waals surface area contributed by atoms with E-state index in [9.17, 15) is 0 Å². The second-order valence-electron chi connectivity index (χ2n) is 9.02. The molecule has 0 amide bonds. The first-order valence-corrected chi connectivity index (χ1v) is 12.9. The number of rotatable bonds is 7. The van der Waals surface area contributed by atoms with Crippen LogP contribution in [0.3, 0.4) is 0 Å². The Morgan fingerprint density at radius 3 is 2.69 bits per heavy atom. The molecule has 0 saturated carbocycles. The van der Waals surface area contributed by atoms with Gasteiger partial charge in [0.05, 0.1) is 5.69 Å². The molecule has 35 heavy (non-hydrogen) atoms. The second kappa shape index (κ2) is 9.84. The highest BCUT2D eigenvalue weighted by atomic mass is 79.9. The van der Waals surface area contributed by atoms with Crippen molar-refractivity contribution in [2.24, 2.45) is 0 Å². The van der Waals surface area contributed by atoms with Crippen LogP contribution in [0.25, 0.3) is 10.9 Å². The monoisotopic (exact) mass is 533 g/mol. The minimum absolute atomic E-state index is 0.263. The van der Waals surface area contributed by atoms with E-state index < -0.39 is 0 Å². The van der Waals surface area contributed by atoms with Crippen LogP contribution < -0.4 is 19.1 Å². The number of nitrogens with zero attached hydrogens (tertiary/aromatic N) is 2. The number of benzene rings is 3. The van der Waals surface area contributed by atoms with Crippen LogP contribution in [0, 0.1) is 0 Å². The molecule has 1 N–H and O–H groups in total. The minimum atomic E-state index is 0.263. The fourth-order valence-corrected chi connectivity index (χ4v) is 5.30. The molecule has 6 rings (SSSR count). The van der Waals surface area contributed by atoms with Crippen molar-refractivity contribution in [3.63, 3.8) is 0 Å². The maximum atomic E-state index is 6.27. The minimum Gasteiger partial charge on any atom is -0.455 e. The normalized spacial score (nSPS) is 15.6. The first-order chi connectivity index (χ1) is 17.2. The number of aromatic amines is 1. The smallest absolute Gasteiger partial charge is 0.231 e. The summed E-state index contributed by atoms with van der Waals surface area (Å²) in [6.07, 6.45) is 4.40. The van der Waals surface area contributed by atoms with E-state index in [0.717, 1.165) is 78.7 Å². The lowest BCUT2D eigenvalue weighted by atomic mass is 10.1. The van der Waals surface area contributed by atoms with Gasteiger partial charge < -0.3 is 24.1 Å². The van der Waals surface area contributed by atoms with Crippen LogP contribution in [0.5, 0.6) is 23.0 Å². The van der Waals surface area contributed by atoms with Crippen LogP contribution >= 0.6 is 15.9 Å². The summed E-state index contributed by atoms with van der Waals surface area (Å²) in [4.78, 5) is 8.39. The van der Waals surface area contributed by atoms with Gasteiger partial charge in [0, 0.05) is 53.8 Å². The molecule has 0 radical (unpaired) electrons. The Balaban J connectivity index is 1.04. The topological polar surface area (TPSA) is 50.0 Å². The van der Waals surface area contributed by atoms with Crippen LogP contribution in [0.1, 0.15) is 12.0 Å². The van der Waals surface area contributed by atoms with Crippen LogP contribution in [0.15, 0.2) is 71.3 Å². The van der Waals surface area contributed by atoms with Crippen molar-refractivity contribution in [2.75, 3.05) is 44.4 Å². The molecule has 3 heterocycles. The molecule has 4 aromatic rings. The van der Waals surface area contributed by atoms with Crippen LogP contribution in [0.2, 0.25) is 0 Å². The maximum absolute atomic E-state index is 6.27. The zero-order valence-corrected chi connectivity index (χ0v) is 21.1. The molecule has 6 nitrogen and oxygen atoms in total. The van der Waals surface area contributed by atoms with E-state index in [0.29, 0.717) is 0 Å². The van der Waals surface area contributed by atoms with E-state index in [4.69, 9.17) is 14.2 Å². The second-order valence-corrected chi connectivity index (χ2v) is 9.94. The van der Waals surface area contributed by atoms with Crippen molar-refractivity contribution in [3.05, 3.63) is 76.9 Å². The number of halogens is 1. The van der Waals surface area contributed by atoms with Gasteiger partial charge in [-0.1, -0.05) is 28.1 Å². The lowest BCUT2D eigenvalue weighted by Gasteiger charge is -2.36. The summed E-state index contributed by atoms with van der Waals surface area (Å²) >= 11 is 3.60. The first-order valence-electron chi connectivity index (χ1n) is 12.1. The predicted octanol–water partition coefficient (Wildman–Crippen LogP) is 6.21. The lowest BCUT2D eigenvalue weighted by Crippen LogP contribution is -2.46. The van der Waals surface area contributed by atoms with E-state index in [2.05, 4.69) is 67.2 Å². The zero-order chi connectivity index (χ0) is 23.6. The molecular formula is C28H28BrN3O3. The number of H-pyrrole nitrogens is 1. The fraction of sp³-hybridized carbons (Fsp3) is 0.286. The molecule has 1 aromatic heterocycles.